The van der Waals surface area contributed by atoms with E-state index in [4.69, 9.17) is 0 Å². The van der Waals surface area contributed by atoms with Crippen LogP contribution in [0.4, 0.5) is 4.79 Å². The van der Waals surface area contributed by atoms with Gasteiger partial charge in [-0.2, -0.15) is 0 Å². The minimum atomic E-state index is -0.927. The molecule has 0 aliphatic carbocycles. The minimum absolute atomic E-state index is 0.0962. The van der Waals surface area contributed by atoms with Crippen molar-refractivity contribution in [3.8, 4) is 0 Å². The summed E-state index contributed by atoms with van der Waals surface area (Å²) in [6, 6.07) is 9.05. The van der Waals surface area contributed by atoms with Gasteiger partial charge in [-0.25, -0.2) is 4.79 Å². The van der Waals surface area contributed by atoms with Crippen LogP contribution in [-0.4, -0.2) is 64.2 Å². The second-order valence-electron chi connectivity index (χ2n) is 9.21. The number of amides is 2. The molecule has 8 heteroatoms. The van der Waals surface area contributed by atoms with E-state index in [0.29, 0.717) is 19.6 Å². The highest BCUT2D eigenvalue weighted by Crippen LogP contribution is 2.30. The number of nitrogens with zero attached hydrogens (tertiary/aromatic N) is 3. The average molecular weight is 462 g/mol. The third-order valence-corrected chi connectivity index (χ3v) is 6.93. The molecule has 2 atom stereocenters. The number of carboxylic acids is 1. The highest BCUT2D eigenvalue weighted by atomic mass is 16.4. The Morgan fingerprint density at radius 3 is 3.00 bits per heavy atom. The number of benzene rings is 1. The highest BCUT2D eigenvalue weighted by molar-refractivity contribution is 5.81. The SMILES string of the molecule is O=C(O)C[C@@H](c1cnc2ccccc2c1)N1CCN(CCCC2=CC=C3CCCNC3N2)C1=O. The summed E-state index contributed by atoms with van der Waals surface area (Å²) in [6.45, 7) is 2.81. The minimum Gasteiger partial charge on any atom is -0.481 e. The van der Waals surface area contributed by atoms with E-state index < -0.39 is 12.0 Å². The van der Waals surface area contributed by atoms with Gasteiger partial charge in [0.1, 0.15) is 0 Å². The first-order valence-corrected chi connectivity index (χ1v) is 12.1. The van der Waals surface area contributed by atoms with Crippen molar-refractivity contribution in [1.29, 1.82) is 0 Å². The molecule has 3 aliphatic heterocycles. The number of pyridine rings is 1. The lowest BCUT2D eigenvalue weighted by Crippen LogP contribution is -2.47. The monoisotopic (exact) mass is 461 g/mol. The number of aromatic nitrogens is 1. The van der Waals surface area contributed by atoms with E-state index in [2.05, 4.69) is 27.8 Å². The van der Waals surface area contributed by atoms with Gasteiger partial charge >= 0.3 is 12.0 Å². The van der Waals surface area contributed by atoms with Gasteiger partial charge in [-0.05, 0) is 61.6 Å². The fraction of sp³-hybridized carbons (Fsp3) is 0.423. The summed E-state index contributed by atoms with van der Waals surface area (Å²) in [5.41, 5.74) is 4.21. The summed E-state index contributed by atoms with van der Waals surface area (Å²) in [7, 11) is 0. The number of piperidine rings is 1. The molecule has 3 N–H and O–H groups in total. The van der Waals surface area contributed by atoms with Crippen molar-refractivity contribution >= 4 is 22.9 Å². The number of carbonyl (C=O) groups is 2. The number of carbonyl (C=O) groups excluding carboxylic acids is 1. The number of nitrogens with one attached hydrogen (secondary N) is 2. The predicted octanol–water partition coefficient (Wildman–Crippen LogP) is 3.39. The third kappa shape index (κ3) is 4.77. The number of carboxylic acid groups (broad SMARTS) is 1. The van der Waals surface area contributed by atoms with Crippen LogP contribution in [0.15, 0.2) is 60.0 Å². The Labute approximate surface area is 199 Å². The number of fused-ring (bicyclic) bond motifs is 2. The Hall–Kier alpha value is -3.39. The zero-order chi connectivity index (χ0) is 23.5. The zero-order valence-electron chi connectivity index (χ0n) is 19.2. The van der Waals surface area contributed by atoms with Gasteiger partial charge in [0.05, 0.1) is 24.1 Å². The van der Waals surface area contributed by atoms with Crippen LogP contribution in [0.1, 0.15) is 43.7 Å². The fourth-order valence-corrected chi connectivity index (χ4v) is 5.14. The first kappa shape index (κ1) is 22.4. The van der Waals surface area contributed by atoms with E-state index in [1.54, 1.807) is 11.1 Å². The fourth-order valence-electron chi connectivity index (χ4n) is 5.14. The molecule has 2 amide bonds. The standard InChI is InChI=1S/C26H31N5O3/c32-24(33)16-23(20-15-19-5-1-2-8-22(19)28-17-20)31-14-13-30(26(31)34)12-4-7-21-10-9-18-6-3-11-27-25(18)29-21/h1-2,5,8-10,15,17,23,25,27,29H,3-4,6-7,11-14,16H2,(H,32,33)/t23-,25?/m0/s1. The second kappa shape index (κ2) is 9.85. The summed E-state index contributed by atoms with van der Waals surface area (Å²) in [5.74, 6) is -0.927. The van der Waals surface area contributed by atoms with Crippen LogP contribution in [-0.2, 0) is 4.79 Å². The molecule has 0 radical (unpaired) electrons. The Morgan fingerprint density at radius 2 is 2.12 bits per heavy atom. The van der Waals surface area contributed by atoms with Crippen molar-refractivity contribution in [3.05, 3.63) is 65.5 Å². The summed E-state index contributed by atoms with van der Waals surface area (Å²) in [5, 5.41) is 17.6. The second-order valence-corrected chi connectivity index (χ2v) is 9.21. The van der Waals surface area contributed by atoms with Gasteiger partial charge in [0.15, 0.2) is 0 Å². The smallest absolute Gasteiger partial charge is 0.320 e. The molecule has 0 saturated carbocycles. The summed E-state index contributed by atoms with van der Waals surface area (Å²) in [4.78, 5) is 32.9. The maximum atomic E-state index is 13.2. The molecule has 4 heterocycles. The van der Waals surface area contributed by atoms with E-state index in [0.717, 1.165) is 42.3 Å². The van der Waals surface area contributed by atoms with E-state index in [1.807, 2.05) is 35.2 Å². The molecule has 2 saturated heterocycles. The van der Waals surface area contributed by atoms with Crippen LogP contribution < -0.4 is 10.6 Å². The molecule has 178 valence electrons. The van der Waals surface area contributed by atoms with Gasteiger partial charge in [0.2, 0.25) is 0 Å². The lowest BCUT2D eigenvalue weighted by Gasteiger charge is -2.32. The molecular formula is C26H31N5O3. The van der Waals surface area contributed by atoms with Crippen LogP contribution in [0.2, 0.25) is 0 Å². The number of dihydropyridines is 1. The molecule has 1 aromatic carbocycles. The Bertz CT molecular complexity index is 1140. The van der Waals surface area contributed by atoms with Crippen LogP contribution in [0, 0.1) is 0 Å². The molecule has 1 unspecified atom stereocenters. The van der Waals surface area contributed by atoms with E-state index in [9.17, 15) is 14.7 Å². The van der Waals surface area contributed by atoms with Crippen molar-refractivity contribution < 1.29 is 14.7 Å². The van der Waals surface area contributed by atoms with Crippen LogP contribution in [0.3, 0.4) is 0 Å². The van der Waals surface area contributed by atoms with E-state index in [1.165, 1.54) is 17.7 Å². The Morgan fingerprint density at radius 1 is 1.24 bits per heavy atom. The summed E-state index contributed by atoms with van der Waals surface area (Å²) >= 11 is 0. The van der Waals surface area contributed by atoms with Crippen LogP contribution in [0.5, 0.6) is 0 Å². The quantitative estimate of drug-likeness (QED) is 0.558. The first-order valence-electron chi connectivity index (χ1n) is 12.1. The lowest BCUT2D eigenvalue weighted by molar-refractivity contribution is -0.138. The Balaban J connectivity index is 1.22. The number of allylic oxidation sites excluding steroid dienone is 3. The molecule has 2 aromatic rings. The molecular weight excluding hydrogens is 430 g/mol. The lowest BCUT2D eigenvalue weighted by atomic mass is 9.99. The largest absolute Gasteiger partial charge is 0.481 e. The highest BCUT2D eigenvalue weighted by Gasteiger charge is 2.35. The van der Waals surface area contributed by atoms with Gasteiger partial charge in [0.25, 0.3) is 0 Å². The van der Waals surface area contributed by atoms with Crippen molar-refractivity contribution in [2.45, 2.75) is 44.3 Å². The predicted molar refractivity (Wildman–Crippen MR) is 130 cm³/mol. The van der Waals surface area contributed by atoms with Crippen molar-refractivity contribution in [2.24, 2.45) is 0 Å². The van der Waals surface area contributed by atoms with Crippen molar-refractivity contribution in [2.75, 3.05) is 26.2 Å². The maximum absolute atomic E-state index is 13.2. The number of rotatable bonds is 8. The number of hydrogen-bond acceptors (Lipinski definition) is 5. The normalized spacial score (nSPS) is 21.1. The first-order chi connectivity index (χ1) is 16.6. The third-order valence-electron chi connectivity index (χ3n) is 6.93. The van der Waals surface area contributed by atoms with Gasteiger partial charge < -0.3 is 20.2 Å². The molecule has 8 nitrogen and oxygen atoms in total. The number of urea groups is 1. The van der Waals surface area contributed by atoms with E-state index >= 15 is 0 Å². The topological polar surface area (TPSA) is 97.8 Å². The molecule has 34 heavy (non-hydrogen) atoms. The van der Waals surface area contributed by atoms with Crippen molar-refractivity contribution in [1.82, 2.24) is 25.4 Å². The molecule has 3 aliphatic rings. The zero-order valence-corrected chi connectivity index (χ0v) is 19.2. The molecule has 0 spiro atoms. The van der Waals surface area contributed by atoms with Gasteiger partial charge in [-0.15, -0.1) is 0 Å². The van der Waals surface area contributed by atoms with Gasteiger partial charge in [-0.3, -0.25) is 15.1 Å². The summed E-state index contributed by atoms with van der Waals surface area (Å²) in [6.07, 6.45) is 10.2. The van der Waals surface area contributed by atoms with Gasteiger partial charge in [-0.1, -0.05) is 24.3 Å². The number of hydrogen-bond donors (Lipinski definition) is 3. The Kier molecular flexibility index (Phi) is 6.49. The molecule has 5 rings (SSSR count). The van der Waals surface area contributed by atoms with E-state index in [-0.39, 0.29) is 18.6 Å². The molecule has 2 fully saturated rings. The maximum Gasteiger partial charge on any atom is 0.320 e. The van der Waals surface area contributed by atoms with Crippen LogP contribution >= 0.6 is 0 Å². The summed E-state index contributed by atoms with van der Waals surface area (Å²) < 4.78 is 0. The molecule has 1 aromatic heterocycles. The number of aliphatic carboxylic acids is 1. The van der Waals surface area contributed by atoms with Gasteiger partial charge in [0, 0.05) is 36.9 Å². The van der Waals surface area contributed by atoms with Crippen molar-refractivity contribution in [3.63, 3.8) is 0 Å². The van der Waals surface area contributed by atoms with Crippen LogP contribution in [0.25, 0.3) is 10.9 Å². The average Bonchev–Trinajstić information content (AvgIpc) is 3.22. The number of para-hydroxylation sites is 1. The molecule has 0 bridgehead atoms.